The SMILES string of the molecule is CC[C@@]12OC(=O)[C@]1(CC[C@@H](O)[C@@H]1C=CCCC1)NC(=O)[C@@H]2CCCl. The van der Waals surface area contributed by atoms with E-state index >= 15 is 0 Å². The van der Waals surface area contributed by atoms with Crippen LogP contribution in [0.2, 0.25) is 0 Å². The summed E-state index contributed by atoms with van der Waals surface area (Å²) in [6, 6.07) is 0. The summed E-state index contributed by atoms with van der Waals surface area (Å²) < 4.78 is 5.54. The molecule has 0 radical (unpaired) electrons. The Hall–Kier alpha value is -1.07. The molecule has 0 aromatic carbocycles. The van der Waals surface area contributed by atoms with Crippen LogP contribution in [0.25, 0.3) is 0 Å². The fraction of sp³-hybridized carbons (Fsp3) is 0.778. The summed E-state index contributed by atoms with van der Waals surface area (Å²) in [6.07, 6.45) is 8.74. The van der Waals surface area contributed by atoms with Crippen LogP contribution in [0.5, 0.6) is 0 Å². The zero-order valence-corrected chi connectivity index (χ0v) is 14.8. The summed E-state index contributed by atoms with van der Waals surface area (Å²) in [5.74, 6) is -0.442. The van der Waals surface area contributed by atoms with Gasteiger partial charge in [0.1, 0.15) is 0 Å². The van der Waals surface area contributed by atoms with Crippen LogP contribution in [0.4, 0.5) is 0 Å². The molecule has 6 heteroatoms. The van der Waals surface area contributed by atoms with Crippen LogP contribution in [0.1, 0.15) is 51.9 Å². The molecule has 0 saturated carbocycles. The number of amides is 1. The predicted octanol–water partition coefficient (Wildman–Crippen LogP) is 2.30. The summed E-state index contributed by atoms with van der Waals surface area (Å²) in [7, 11) is 0. The number of aliphatic hydroxyl groups is 1. The lowest BCUT2D eigenvalue weighted by Crippen LogP contribution is -2.75. The second-order valence-corrected chi connectivity index (χ2v) is 7.56. The number of nitrogens with one attached hydrogen (secondary N) is 1. The number of esters is 1. The maximum absolute atomic E-state index is 12.4. The van der Waals surface area contributed by atoms with Crippen LogP contribution in [0, 0.1) is 11.8 Å². The molecular formula is C18H26ClNO4. The molecule has 24 heavy (non-hydrogen) atoms. The van der Waals surface area contributed by atoms with Crippen molar-refractivity contribution in [3.63, 3.8) is 0 Å². The third kappa shape index (κ3) is 2.48. The van der Waals surface area contributed by atoms with Crippen molar-refractivity contribution in [1.82, 2.24) is 5.32 Å². The van der Waals surface area contributed by atoms with E-state index in [1.165, 1.54) is 0 Å². The second-order valence-electron chi connectivity index (χ2n) is 7.19. The average Bonchev–Trinajstić information content (AvgIpc) is 2.79. The van der Waals surface area contributed by atoms with Gasteiger partial charge < -0.3 is 15.2 Å². The topological polar surface area (TPSA) is 75.6 Å². The van der Waals surface area contributed by atoms with Gasteiger partial charge in [0.05, 0.1) is 12.0 Å². The van der Waals surface area contributed by atoms with E-state index in [-0.39, 0.29) is 17.8 Å². The number of aliphatic hydroxyl groups excluding tert-OH is 1. The maximum atomic E-state index is 12.4. The highest BCUT2D eigenvalue weighted by atomic mass is 35.5. The van der Waals surface area contributed by atoms with Crippen LogP contribution >= 0.6 is 11.6 Å². The van der Waals surface area contributed by atoms with E-state index in [4.69, 9.17) is 16.3 Å². The number of carbonyl (C=O) groups excluding carboxylic acids is 2. The zero-order chi connectivity index (χ0) is 17.4. The van der Waals surface area contributed by atoms with Crippen molar-refractivity contribution < 1.29 is 19.4 Å². The Morgan fingerprint density at radius 2 is 2.29 bits per heavy atom. The highest BCUT2D eigenvalue weighted by molar-refractivity contribution is 6.18. The molecule has 2 N–H and O–H groups in total. The Bertz CT molecular complexity index is 551. The molecule has 134 valence electrons. The summed E-state index contributed by atoms with van der Waals surface area (Å²) in [6.45, 7) is 1.93. The Morgan fingerprint density at radius 1 is 1.50 bits per heavy atom. The highest BCUT2D eigenvalue weighted by Gasteiger charge is 2.76. The van der Waals surface area contributed by atoms with Gasteiger partial charge in [-0.3, -0.25) is 4.79 Å². The number of allylic oxidation sites excluding steroid dienone is 1. The number of rotatable bonds is 7. The molecule has 0 aromatic rings. The lowest BCUT2D eigenvalue weighted by atomic mass is 9.65. The van der Waals surface area contributed by atoms with E-state index in [1.54, 1.807) is 0 Å². The lowest BCUT2D eigenvalue weighted by Gasteiger charge is -2.53. The van der Waals surface area contributed by atoms with E-state index in [9.17, 15) is 14.7 Å². The number of carbonyl (C=O) groups is 2. The molecule has 2 heterocycles. The van der Waals surface area contributed by atoms with Crippen molar-refractivity contribution in [1.29, 1.82) is 0 Å². The predicted molar refractivity (Wildman–Crippen MR) is 90.5 cm³/mol. The van der Waals surface area contributed by atoms with Gasteiger partial charge >= 0.3 is 5.97 Å². The van der Waals surface area contributed by atoms with E-state index in [0.29, 0.717) is 31.6 Å². The van der Waals surface area contributed by atoms with Gasteiger partial charge in [0.25, 0.3) is 0 Å². The minimum atomic E-state index is -0.991. The normalized spacial score (nSPS) is 39.0. The monoisotopic (exact) mass is 355 g/mol. The first-order chi connectivity index (χ1) is 11.5. The first-order valence-corrected chi connectivity index (χ1v) is 9.50. The lowest BCUT2D eigenvalue weighted by molar-refractivity contribution is -0.227. The van der Waals surface area contributed by atoms with Crippen molar-refractivity contribution in [2.45, 2.75) is 69.1 Å². The van der Waals surface area contributed by atoms with Gasteiger partial charge in [-0.2, -0.15) is 0 Å². The van der Waals surface area contributed by atoms with Gasteiger partial charge in [0.2, 0.25) is 5.91 Å². The number of alkyl halides is 1. The molecule has 1 amide bonds. The van der Waals surface area contributed by atoms with Gasteiger partial charge in [0, 0.05) is 11.8 Å². The van der Waals surface area contributed by atoms with Gasteiger partial charge in [-0.05, 0) is 44.9 Å². The minimum absolute atomic E-state index is 0.137. The Kier molecular flexibility index (Phi) is 4.94. The van der Waals surface area contributed by atoms with Crippen molar-refractivity contribution in [2.24, 2.45) is 11.8 Å². The molecule has 0 aromatic heterocycles. The smallest absolute Gasteiger partial charge is 0.336 e. The molecule has 2 saturated heterocycles. The molecule has 5 nitrogen and oxygen atoms in total. The highest BCUT2D eigenvalue weighted by Crippen LogP contribution is 2.54. The molecular weight excluding hydrogens is 330 g/mol. The number of hydrogen-bond acceptors (Lipinski definition) is 4. The Morgan fingerprint density at radius 3 is 2.88 bits per heavy atom. The first kappa shape index (κ1) is 17.7. The van der Waals surface area contributed by atoms with Gasteiger partial charge in [-0.15, -0.1) is 11.6 Å². The van der Waals surface area contributed by atoms with Crippen molar-refractivity contribution in [3.05, 3.63) is 12.2 Å². The summed E-state index contributed by atoms with van der Waals surface area (Å²) >= 11 is 5.85. The van der Waals surface area contributed by atoms with Crippen molar-refractivity contribution in [2.75, 3.05) is 5.88 Å². The first-order valence-electron chi connectivity index (χ1n) is 8.97. The molecule has 0 bridgehead atoms. The van der Waals surface area contributed by atoms with Crippen LogP contribution in [-0.2, 0) is 14.3 Å². The second kappa shape index (κ2) is 6.68. The van der Waals surface area contributed by atoms with E-state index < -0.39 is 23.2 Å². The average molecular weight is 356 g/mol. The maximum Gasteiger partial charge on any atom is 0.336 e. The van der Waals surface area contributed by atoms with Crippen molar-refractivity contribution >= 4 is 23.5 Å². The molecule has 0 unspecified atom stereocenters. The fourth-order valence-corrected chi connectivity index (χ4v) is 4.93. The van der Waals surface area contributed by atoms with Crippen molar-refractivity contribution in [3.8, 4) is 0 Å². The minimum Gasteiger partial charge on any atom is -0.453 e. The van der Waals surface area contributed by atoms with Gasteiger partial charge in [-0.25, -0.2) is 4.79 Å². The van der Waals surface area contributed by atoms with Crippen LogP contribution in [-0.4, -0.2) is 40.1 Å². The third-order valence-corrected chi connectivity index (χ3v) is 6.30. The van der Waals surface area contributed by atoms with Gasteiger partial charge in [0.15, 0.2) is 11.1 Å². The standard InChI is InChI=1S/C18H26ClNO4/c1-2-18-13(9-11-19)15(22)20-17(18,16(23)24-18)10-8-14(21)12-6-4-3-5-7-12/h4,6,12-14,21H,2-3,5,7-11H2,1H3,(H,20,22)/t12-,13+,14-,17+,18+/m1/s1. The van der Waals surface area contributed by atoms with E-state index in [1.807, 2.05) is 6.92 Å². The fourth-order valence-electron chi connectivity index (χ4n) is 4.71. The summed E-state index contributed by atoms with van der Waals surface area (Å²) in [5, 5.41) is 13.4. The Balaban J connectivity index is 1.75. The summed E-state index contributed by atoms with van der Waals surface area (Å²) in [4.78, 5) is 24.7. The number of ether oxygens (including phenoxy) is 1. The number of fused-ring (bicyclic) bond motifs is 1. The van der Waals surface area contributed by atoms with E-state index in [2.05, 4.69) is 17.5 Å². The largest absolute Gasteiger partial charge is 0.453 e. The quantitative estimate of drug-likeness (QED) is 0.417. The molecule has 0 spiro atoms. The third-order valence-electron chi connectivity index (χ3n) is 6.09. The molecule has 5 atom stereocenters. The van der Waals surface area contributed by atoms with Gasteiger partial charge in [-0.1, -0.05) is 19.1 Å². The molecule has 1 aliphatic carbocycles. The Labute approximate surface area is 147 Å². The van der Waals surface area contributed by atoms with Crippen LogP contribution < -0.4 is 5.32 Å². The van der Waals surface area contributed by atoms with E-state index in [0.717, 1.165) is 19.3 Å². The molecule has 2 fully saturated rings. The molecule has 3 rings (SSSR count). The number of hydrogen-bond donors (Lipinski definition) is 2. The summed E-state index contributed by atoms with van der Waals surface area (Å²) in [5.41, 5.74) is -1.80. The zero-order valence-electron chi connectivity index (χ0n) is 14.1. The van der Waals surface area contributed by atoms with Crippen LogP contribution in [0.15, 0.2) is 12.2 Å². The molecule has 3 aliphatic rings. The van der Waals surface area contributed by atoms with Crippen LogP contribution in [0.3, 0.4) is 0 Å². The molecule has 2 aliphatic heterocycles. The number of halogens is 1.